The summed E-state index contributed by atoms with van der Waals surface area (Å²) in [4.78, 5) is 28.5. The normalized spacial score (nSPS) is 14.9. The van der Waals surface area contributed by atoms with E-state index in [2.05, 4.69) is 0 Å². The lowest BCUT2D eigenvalue weighted by atomic mass is 10.2. The third-order valence-electron chi connectivity index (χ3n) is 4.09. The Morgan fingerprint density at radius 1 is 0.957 bits per heavy atom. The molecule has 1 aliphatic heterocycles. The molecular formula is C17H18ClN3O2. The fourth-order valence-electron chi connectivity index (χ4n) is 2.76. The van der Waals surface area contributed by atoms with Gasteiger partial charge in [0.2, 0.25) is 0 Å². The number of hydrogen-bond acceptors (Lipinski definition) is 2. The van der Waals surface area contributed by atoms with Crippen molar-refractivity contribution in [2.75, 3.05) is 26.2 Å². The maximum Gasteiger partial charge on any atom is 0.270 e. The van der Waals surface area contributed by atoms with Gasteiger partial charge < -0.3 is 14.4 Å². The van der Waals surface area contributed by atoms with Gasteiger partial charge in [-0.3, -0.25) is 9.59 Å². The van der Waals surface area contributed by atoms with E-state index in [4.69, 9.17) is 11.6 Å². The molecule has 0 saturated carbocycles. The van der Waals surface area contributed by atoms with E-state index >= 15 is 0 Å². The molecule has 1 fully saturated rings. The van der Waals surface area contributed by atoms with Crippen LogP contribution in [-0.4, -0.2) is 52.4 Å². The van der Waals surface area contributed by atoms with Crippen molar-refractivity contribution in [1.29, 1.82) is 0 Å². The van der Waals surface area contributed by atoms with Crippen LogP contribution in [0.3, 0.4) is 0 Å². The Labute approximate surface area is 140 Å². The number of carbonyl (C=O) groups is 2. The van der Waals surface area contributed by atoms with Gasteiger partial charge in [-0.15, -0.1) is 0 Å². The standard InChI is InChI=1S/C17H18ClN3O2/c1-19-7-3-6-15(19)17(23)21-10-8-20(9-11-21)16(22)13-4-2-5-14(18)12-13/h2-7,12H,8-11H2,1H3. The van der Waals surface area contributed by atoms with E-state index in [1.165, 1.54) is 0 Å². The Morgan fingerprint density at radius 3 is 2.17 bits per heavy atom. The monoisotopic (exact) mass is 331 g/mol. The first-order chi connectivity index (χ1) is 11.1. The first-order valence-electron chi connectivity index (χ1n) is 7.52. The van der Waals surface area contributed by atoms with Crippen molar-refractivity contribution in [1.82, 2.24) is 14.4 Å². The maximum atomic E-state index is 12.5. The average Bonchev–Trinajstić information content (AvgIpc) is 3.00. The summed E-state index contributed by atoms with van der Waals surface area (Å²) in [5, 5.41) is 0.549. The molecule has 0 radical (unpaired) electrons. The number of aromatic nitrogens is 1. The molecule has 6 heteroatoms. The molecule has 120 valence electrons. The van der Waals surface area contributed by atoms with Gasteiger partial charge in [-0.25, -0.2) is 0 Å². The number of nitrogens with zero attached hydrogens (tertiary/aromatic N) is 3. The van der Waals surface area contributed by atoms with E-state index in [0.717, 1.165) is 0 Å². The third-order valence-corrected chi connectivity index (χ3v) is 4.32. The van der Waals surface area contributed by atoms with Gasteiger partial charge in [-0.2, -0.15) is 0 Å². The number of piperazine rings is 1. The molecule has 3 rings (SSSR count). The van der Waals surface area contributed by atoms with Crippen LogP contribution in [-0.2, 0) is 7.05 Å². The lowest BCUT2D eigenvalue weighted by Gasteiger charge is -2.34. The fourth-order valence-corrected chi connectivity index (χ4v) is 2.95. The van der Waals surface area contributed by atoms with Gasteiger partial charge in [-0.1, -0.05) is 17.7 Å². The second-order valence-corrected chi connectivity index (χ2v) is 6.04. The third kappa shape index (κ3) is 3.24. The molecule has 2 heterocycles. The van der Waals surface area contributed by atoms with Crippen LogP contribution in [0.4, 0.5) is 0 Å². The smallest absolute Gasteiger partial charge is 0.270 e. The van der Waals surface area contributed by atoms with Crippen molar-refractivity contribution in [2.24, 2.45) is 7.05 Å². The number of aryl methyl sites for hydroxylation is 1. The summed E-state index contributed by atoms with van der Waals surface area (Å²) in [6.07, 6.45) is 1.85. The van der Waals surface area contributed by atoms with Crippen LogP contribution in [0.5, 0.6) is 0 Å². The minimum absolute atomic E-state index is 0.00681. The number of rotatable bonds is 2. The highest BCUT2D eigenvalue weighted by Gasteiger charge is 2.26. The first-order valence-corrected chi connectivity index (χ1v) is 7.89. The van der Waals surface area contributed by atoms with Gasteiger partial charge in [0.25, 0.3) is 11.8 Å². The minimum Gasteiger partial charge on any atom is -0.347 e. The number of benzene rings is 1. The first kappa shape index (κ1) is 15.6. The number of halogens is 1. The number of carbonyl (C=O) groups excluding carboxylic acids is 2. The van der Waals surface area contributed by atoms with Crippen molar-refractivity contribution in [3.05, 3.63) is 58.9 Å². The van der Waals surface area contributed by atoms with Crippen LogP contribution in [0.15, 0.2) is 42.6 Å². The van der Waals surface area contributed by atoms with E-state index in [0.29, 0.717) is 42.5 Å². The van der Waals surface area contributed by atoms with Crippen molar-refractivity contribution in [3.63, 3.8) is 0 Å². The molecule has 1 aliphatic rings. The Morgan fingerprint density at radius 2 is 1.61 bits per heavy atom. The molecule has 0 aliphatic carbocycles. The highest BCUT2D eigenvalue weighted by Crippen LogP contribution is 2.15. The van der Waals surface area contributed by atoms with Crippen LogP contribution in [0.25, 0.3) is 0 Å². The van der Waals surface area contributed by atoms with E-state index < -0.39 is 0 Å². The van der Waals surface area contributed by atoms with Gasteiger partial charge in [0.05, 0.1) is 0 Å². The Bertz CT molecular complexity index is 733. The Hall–Kier alpha value is -2.27. The van der Waals surface area contributed by atoms with Crippen molar-refractivity contribution in [3.8, 4) is 0 Å². The van der Waals surface area contributed by atoms with Crippen LogP contribution in [0.2, 0.25) is 5.02 Å². The molecule has 0 spiro atoms. The molecule has 2 aromatic rings. The Balaban J connectivity index is 1.63. The van der Waals surface area contributed by atoms with Crippen molar-refractivity contribution in [2.45, 2.75) is 0 Å². The van der Waals surface area contributed by atoms with Gasteiger partial charge in [0.1, 0.15) is 5.69 Å². The summed E-state index contributed by atoms with van der Waals surface area (Å²) >= 11 is 5.94. The minimum atomic E-state index is -0.0431. The Kier molecular flexibility index (Phi) is 4.39. The maximum absolute atomic E-state index is 12.5. The molecule has 0 bridgehead atoms. The summed E-state index contributed by atoms with van der Waals surface area (Å²) in [5.41, 5.74) is 1.25. The van der Waals surface area contributed by atoms with E-state index in [1.54, 1.807) is 34.1 Å². The average molecular weight is 332 g/mol. The second kappa shape index (κ2) is 6.46. The lowest BCUT2D eigenvalue weighted by molar-refractivity contribution is 0.0530. The highest BCUT2D eigenvalue weighted by atomic mass is 35.5. The molecule has 5 nitrogen and oxygen atoms in total. The zero-order chi connectivity index (χ0) is 16.4. The molecule has 2 amide bonds. The molecule has 0 N–H and O–H groups in total. The van der Waals surface area contributed by atoms with E-state index in [-0.39, 0.29) is 11.8 Å². The topological polar surface area (TPSA) is 45.6 Å². The summed E-state index contributed by atoms with van der Waals surface area (Å²) < 4.78 is 1.81. The zero-order valence-corrected chi connectivity index (χ0v) is 13.7. The largest absolute Gasteiger partial charge is 0.347 e. The van der Waals surface area contributed by atoms with Gasteiger partial charge in [-0.05, 0) is 30.3 Å². The number of hydrogen-bond donors (Lipinski definition) is 0. The summed E-state index contributed by atoms with van der Waals surface area (Å²) in [5.74, 6) is -0.0363. The summed E-state index contributed by atoms with van der Waals surface area (Å²) in [6, 6.07) is 10.6. The predicted octanol–water partition coefficient (Wildman–Crippen LogP) is 2.28. The van der Waals surface area contributed by atoms with Crippen molar-refractivity contribution >= 4 is 23.4 Å². The second-order valence-electron chi connectivity index (χ2n) is 5.60. The van der Waals surface area contributed by atoms with Crippen LogP contribution in [0.1, 0.15) is 20.8 Å². The summed E-state index contributed by atoms with van der Waals surface area (Å²) in [6.45, 7) is 2.13. The number of amides is 2. The highest BCUT2D eigenvalue weighted by molar-refractivity contribution is 6.30. The SMILES string of the molecule is Cn1cccc1C(=O)N1CCN(C(=O)c2cccc(Cl)c2)CC1. The summed E-state index contributed by atoms with van der Waals surface area (Å²) in [7, 11) is 1.85. The van der Waals surface area contributed by atoms with E-state index in [1.807, 2.05) is 29.9 Å². The molecular weight excluding hydrogens is 314 g/mol. The molecule has 1 saturated heterocycles. The van der Waals surface area contributed by atoms with Crippen molar-refractivity contribution < 1.29 is 9.59 Å². The van der Waals surface area contributed by atoms with Gasteiger partial charge >= 0.3 is 0 Å². The predicted molar refractivity (Wildman–Crippen MR) is 88.7 cm³/mol. The molecule has 0 atom stereocenters. The quantitative estimate of drug-likeness (QED) is 0.847. The van der Waals surface area contributed by atoms with Crippen LogP contribution in [0, 0.1) is 0 Å². The van der Waals surface area contributed by atoms with E-state index in [9.17, 15) is 9.59 Å². The van der Waals surface area contributed by atoms with Gasteiger partial charge in [0, 0.05) is 50.0 Å². The van der Waals surface area contributed by atoms with Crippen LogP contribution < -0.4 is 0 Å². The molecule has 23 heavy (non-hydrogen) atoms. The molecule has 0 unspecified atom stereocenters. The van der Waals surface area contributed by atoms with Gasteiger partial charge in [0.15, 0.2) is 0 Å². The van der Waals surface area contributed by atoms with Crippen LogP contribution >= 0.6 is 11.6 Å². The fraction of sp³-hybridized carbons (Fsp3) is 0.294. The zero-order valence-electron chi connectivity index (χ0n) is 12.9. The molecule has 1 aromatic heterocycles. The lowest BCUT2D eigenvalue weighted by Crippen LogP contribution is -2.50. The molecule has 1 aromatic carbocycles.